The molecule has 1 saturated heterocycles. The Morgan fingerprint density at radius 3 is 2.77 bits per heavy atom. The number of H-pyrrole nitrogens is 1. The van der Waals surface area contributed by atoms with Crippen LogP contribution in [0.5, 0.6) is 0 Å². The second kappa shape index (κ2) is 8.27. The van der Waals surface area contributed by atoms with Crippen molar-refractivity contribution in [3.8, 4) is 0 Å². The van der Waals surface area contributed by atoms with Crippen molar-refractivity contribution in [3.63, 3.8) is 0 Å². The van der Waals surface area contributed by atoms with Crippen molar-refractivity contribution in [1.29, 1.82) is 0 Å². The van der Waals surface area contributed by atoms with E-state index in [0.29, 0.717) is 22.0 Å². The molecule has 1 atom stereocenters. The molecule has 3 aromatic heterocycles. The van der Waals surface area contributed by atoms with Gasteiger partial charge < -0.3 is 15.2 Å². The van der Waals surface area contributed by atoms with E-state index in [-0.39, 0.29) is 11.5 Å². The SMILES string of the molecule is CNC(=O)c1ccc(N2CCN(Cc3cc4[nH]c(=O)n(C)c(=O)c4s3)C(C)C2)c(C)n1. The molecule has 0 spiro atoms. The van der Waals surface area contributed by atoms with E-state index in [4.69, 9.17) is 0 Å². The minimum Gasteiger partial charge on any atom is -0.367 e. The van der Waals surface area contributed by atoms with Crippen molar-refractivity contribution in [2.75, 3.05) is 31.6 Å². The molecule has 1 fully saturated rings. The lowest BCUT2D eigenvalue weighted by atomic mass is 10.1. The van der Waals surface area contributed by atoms with Crippen molar-refractivity contribution in [1.82, 2.24) is 24.8 Å². The number of aryl methyl sites for hydroxylation is 1. The summed E-state index contributed by atoms with van der Waals surface area (Å²) >= 11 is 1.44. The van der Waals surface area contributed by atoms with Crippen LogP contribution in [-0.2, 0) is 13.6 Å². The molecule has 10 heteroatoms. The highest BCUT2D eigenvalue weighted by Gasteiger charge is 2.26. The lowest BCUT2D eigenvalue weighted by molar-refractivity contribution is 0.0958. The number of anilines is 1. The number of hydrogen-bond acceptors (Lipinski definition) is 7. The van der Waals surface area contributed by atoms with Gasteiger partial charge in [0.05, 0.1) is 16.9 Å². The first kappa shape index (κ1) is 21.3. The Morgan fingerprint density at radius 1 is 1.32 bits per heavy atom. The Labute approximate surface area is 183 Å². The van der Waals surface area contributed by atoms with Crippen molar-refractivity contribution in [2.45, 2.75) is 26.4 Å². The van der Waals surface area contributed by atoms with Gasteiger partial charge in [-0.15, -0.1) is 11.3 Å². The number of rotatable bonds is 4. The lowest BCUT2D eigenvalue weighted by Gasteiger charge is -2.41. The van der Waals surface area contributed by atoms with Gasteiger partial charge in [0.15, 0.2) is 0 Å². The molecule has 31 heavy (non-hydrogen) atoms. The third-order valence-corrected chi connectivity index (χ3v) is 6.92. The van der Waals surface area contributed by atoms with E-state index in [0.717, 1.165) is 47.0 Å². The number of thiophene rings is 1. The average molecular weight is 443 g/mol. The second-order valence-corrected chi connectivity index (χ2v) is 9.03. The van der Waals surface area contributed by atoms with Gasteiger partial charge in [-0.1, -0.05) is 0 Å². The summed E-state index contributed by atoms with van der Waals surface area (Å²) in [7, 11) is 3.08. The van der Waals surface area contributed by atoms with Crippen LogP contribution in [0, 0.1) is 6.92 Å². The standard InChI is InChI=1S/C21H26N6O3S/c1-12-10-27(17-6-5-15(19(28)22-3)23-13(17)2)8-7-26(12)11-14-9-16-18(31-14)20(29)25(4)21(30)24-16/h5-6,9,12H,7-8,10-11H2,1-4H3,(H,22,28)(H,24,30). The molecule has 1 aliphatic heterocycles. The van der Waals surface area contributed by atoms with E-state index < -0.39 is 5.69 Å². The van der Waals surface area contributed by atoms with Crippen LogP contribution in [0.1, 0.15) is 28.0 Å². The summed E-state index contributed by atoms with van der Waals surface area (Å²) in [5.41, 5.74) is 2.26. The molecular weight excluding hydrogens is 416 g/mol. The summed E-state index contributed by atoms with van der Waals surface area (Å²) in [5.74, 6) is -0.188. The summed E-state index contributed by atoms with van der Waals surface area (Å²) in [5, 5.41) is 2.60. The highest BCUT2D eigenvalue weighted by atomic mass is 32.1. The Bertz CT molecular complexity index is 1260. The first-order valence-corrected chi connectivity index (χ1v) is 11.0. The average Bonchev–Trinajstić information content (AvgIpc) is 3.15. The van der Waals surface area contributed by atoms with E-state index in [1.165, 1.54) is 18.4 Å². The molecule has 4 heterocycles. The number of hydrogen-bond donors (Lipinski definition) is 2. The molecule has 2 N–H and O–H groups in total. The normalized spacial score (nSPS) is 17.3. The molecule has 0 aromatic carbocycles. The smallest absolute Gasteiger partial charge is 0.328 e. The molecule has 4 rings (SSSR count). The van der Waals surface area contributed by atoms with Crippen LogP contribution in [0.2, 0.25) is 0 Å². The topological polar surface area (TPSA) is 103 Å². The predicted molar refractivity (Wildman–Crippen MR) is 122 cm³/mol. The number of nitrogens with zero attached hydrogens (tertiary/aromatic N) is 4. The van der Waals surface area contributed by atoms with E-state index in [1.807, 2.05) is 19.1 Å². The maximum absolute atomic E-state index is 12.3. The quantitative estimate of drug-likeness (QED) is 0.626. The van der Waals surface area contributed by atoms with E-state index >= 15 is 0 Å². The third kappa shape index (κ3) is 4.00. The molecule has 0 bridgehead atoms. The summed E-state index contributed by atoms with van der Waals surface area (Å²) in [6.07, 6.45) is 0. The van der Waals surface area contributed by atoms with Crippen LogP contribution in [0.15, 0.2) is 27.8 Å². The fraction of sp³-hybridized carbons (Fsp3) is 0.429. The molecule has 9 nitrogen and oxygen atoms in total. The number of carbonyl (C=O) groups is 1. The van der Waals surface area contributed by atoms with Crippen molar-refractivity contribution in [3.05, 3.63) is 55.3 Å². The fourth-order valence-corrected chi connectivity index (χ4v) is 5.12. The Hall–Kier alpha value is -2.98. The van der Waals surface area contributed by atoms with Gasteiger partial charge in [0.1, 0.15) is 10.4 Å². The molecule has 0 radical (unpaired) electrons. The largest absolute Gasteiger partial charge is 0.367 e. The van der Waals surface area contributed by atoms with Crippen LogP contribution in [0.3, 0.4) is 0 Å². The van der Waals surface area contributed by atoms with Crippen molar-refractivity contribution < 1.29 is 4.79 Å². The van der Waals surface area contributed by atoms with Gasteiger partial charge in [-0.05, 0) is 32.0 Å². The first-order valence-electron chi connectivity index (χ1n) is 10.2. The van der Waals surface area contributed by atoms with Crippen LogP contribution < -0.4 is 21.5 Å². The number of piperazine rings is 1. The van der Waals surface area contributed by atoms with Crippen LogP contribution in [0.25, 0.3) is 10.2 Å². The number of nitrogens with one attached hydrogen (secondary N) is 2. The Balaban J connectivity index is 1.48. The van der Waals surface area contributed by atoms with Gasteiger partial charge >= 0.3 is 5.69 Å². The summed E-state index contributed by atoms with van der Waals surface area (Å²) in [4.78, 5) is 49.0. The number of carbonyl (C=O) groups excluding carboxylic acids is 1. The van der Waals surface area contributed by atoms with Gasteiger partial charge in [-0.3, -0.25) is 19.1 Å². The number of aromatic nitrogens is 3. The molecule has 1 aliphatic rings. The van der Waals surface area contributed by atoms with Gasteiger partial charge in [0.25, 0.3) is 11.5 Å². The number of fused-ring (bicyclic) bond motifs is 1. The molecular formula is C21H26N6O3S. The molecule has 164 valence electrons. The maximum Gasteiger partial charge on any atom is 0.328 e. The van der Waals surface area contributed by atoms with Gasteiger partial charge in [-0.2, -0.15) is 0 Å². The fourth-order valence-electron chi connectivity index (χ4n) is 4.01. The van der Waals surface area contributed by atoms with Gasteiger partial charge in [-0.25, -0.2) is 9.78 Å². The third-order valence-electron chi connectivity index (χ3n) is 5.81. The van der Waals surface area contributed by atoms with Crippen LogP contribution >= 0.6 is 11.3 Å². The predicted octanol–water partition coefficient (Wildman–Crippen LogP) is 1.06. The Kier molecular flexibility index (Phi) is 5.67. The van der Waals surface area contributed by atoms with E-state index in [2.05, 4.69) is 32.0 Å². The maximum atomic E-state index is 12.3. The zero-order valence-corrected chi connectivity index (χ0v) is 18.9. The van der Waals surface area contributed by atoms with Crippen LogP contribution in [0.4, 0.5) is 5.69 Å². The van der Waals surface area contributed by atoms with Crippen molar-refractivity contribution >= 4 is 33.1 Å². The minimum atomic E-state index is -0.393. The number of aromatic amines is 1. The minimum absolute atomic E-state index is 0.188. The lowest BCUT2D eigenvalue weighted by Crippen LogP contribution is -2.51. The number of pyridine rings is 1. The first-order chi connectivity index (χ1) is 14.8. The Morgan fingerprint density at radius 2 is 2.10 bits per heavy atom. The monoisotopic (exact) mass is 442 g/mol. The van der Waals surface area contributed by atoms with Gasteiger partial charge in [0, 0.05) is 51.2 Å². The van der Waals surface area contributed by atoms with Crippen molar-refractivity contribution in [2.24, 2.45) is 7.05 Å². The van der Waals surface area contributed by atoms with Gasteiger partial charge in [0.2, 0.25) is 0 Å². The molecule has 1 unspecified atom stereocenters. The molecule has 1 amide bonds. The second-order valence-electron chi connectivity index (χ2n) is 7.90. The summed E-state index contributed by atoms with van der Waals surface area (Å²) in [6.45, 7) is 7.38. The summed E-state index contributed by atoms with van der Waals surface area (Å²) < 4.78 is 1.69. The summed E-state index contributed by atoms with van der Waals surface area (Å²) in [6, 6.07) is 5.93. The van der Waals surface area contributed by atoms with E-state index in [9.17, 15) is 14.4 Å². The highest BCUT2D eigenvalue weighted by Crippen LogP contribution is 2.26. The molecule has 3 aromatic rings. The number of amides is 1. The highest BCUT2D eigenvalue weighted by molar-refractivity contribution is 7.18. The molecule has 0 aliphatic carbocycles. The zero-order chi connectivity index (χ0) is 22.3. The van der Waals surface area contributed by atoms with E-state index in [1.54, 1.807) is 13.1 Å². The zero-order valence-electron chi connectivity index (χ0n) is 18.1. The molecule has 0 saturated carbocycles. The van der Waals surface area contributed by atoms with Crippen LogP contribution in [-0.4, -0.2) is 58.1 Å².